The molecule has 14 heteroatoms. The maximum absolute atomic E-state index is 12.9. The molecule has 0 saturated carbocycles. The number of hydrogen-bond donors (Lipinski definition) is 8. The molecule has 4 amide bonds. The van der Waals surface area contributed by atoms with Crippen LogP contribution in [-0.4, -0.2) is 71.4 Å². The van der Waals surface area contributed by atoms with Gasteiger partial charge in [-0.2, -0.15) is 0 Å². The van der Waals surface area contributed by atoms with Crippen LogP contribution in [-0.2, 0) is 24.0 Å². The number of carboxylic acids is 1. The van der Waals surface area contributed by atoms with Crippen molar-refractivity contribution in [2.75, 3.05) is 6.54 Å². The highest BCUT2D eigenvalue weighted by atomic mass is 16.4. The highest BCUT2D eigenvalue weighted by molar-refractivity contribution is 5.96. The number of carbonyl (C=O) groups excluding carboxylic acids is 4. The minimum absolute atomic E-state index is 0.0953. The largest absolute Gasteiger partial charge is 0.480 e. The summed E-state index contributed by atoms with van der Waals surface area (Å²) in [7, 11) is 0. The lowest BCUT2D eigenvalue weighted by Gasteiger charge is -2.25. The molecule has 0 aliphatic heterocycles. The van der Waals surface area contributed by atoms with Gasteiger partial charge in [0.15, 0.2) is 5.96 Å². The molecule has 5 atom stereocenters. The standard InChI is InChI=1S/C19H36N8O6/c1-4-9(2)14(21)17(31)26-11(6-5-7-24-19(22)23)15(29)27-12(8-13(20)28)16(30)25-10(3)18(32)33/h9-12,14H,4-8,21H2,1-3H3,(H2,20,28)(H,25,30)(H,26,31)(H,27,29)(H,32,33)(H4,22,23,24). The SMILES string of the molecule is CCC(C)C(N)C(=O)NC(CCCN=C(N)N)C(=O)NC(CC(N)=O)C(=O)NC(C)C(=O)O. The first-order chi connectivity index (χ1) is 15.3. The van der Waals surface area contributed by atoms with E-state index in [0.29, 0.717) is 12.8 Å². The molecule has 0 aromatic rings. The molecule has 0 fully saturated rings. The number of hydrogen-bond acceptors (Lipinski definition) is 7. The zero-order valence-corrected chi connectivity index (χ0v) is 19.2. The molecule has 0 aromatic heterocycles. The van der Waals surface area contributed by atoms with Gasteiger partial charge in [-0.05, 0) is 25.7 Å². The number of nitrogens with zero attached hydrogens (tertiary/aromatic N) is 1. The molecular weight excluding hydrogens is 436 g/mol. The minimum atomic E-state index is -1.45. The lowest BCUT2D eigenvalue weighted by Crippen LogP contribution is -2.58. The van der Waals surface area contributed by atoms with Crippen molar-refractivity contribution in [2.45, 2.75) is 70.6 Å². The maximum atomic E-state index is 12.9. The van der Waals surface area contributed by atoms with Gasteiger partial charge in [0.1, 0.15) is 18.1 Å². The predicted molar refractivity (Wildman–Crippen MR) is 120 cm³/mol. The lowest BCUT2D eigenvalue weighted by molar-refractivity contribution is -0.142. The molecule has 0 saturated heterocycles. The first-order valence-corrected chi connectivity index (χ1v) is 10.5. The Labute approximate surface area is 192 Å². The van der Waals surface area contributed by atoms with Crippen molar-refractivity contribution in [1.82, 2.24) is 16.0 Å². The summed E-state index contributed by atoms with van der Waals surface area (Å²) in [4.78, 5) is 64.0. The summed E-state index contributed by atoms with van der Waals surface area (Å²) in [6.07, 6.45) is 0.457. The number of carbonyl (C=O) groups is 5. The second-order valence-electron chi connectivity index (χ2n) is 7.72. The smallest absolute Gasteiger partial charge is 0.325 e. The number of primary amides is 1. The van der Waals surface area contributed by atoms with Crippen molar-refractivity contribution in [3.8, 4) is 0 Å². The van der Waals surface area contributed by atoms with Gasteiger partial charge in [0.2, 0.25) is 23.6 Å². The molecule has 0 radical (unpaired) electrons. The number of nitrogens with one attached hydrogen (secondary N) is 3. The Morgan fingerprint density at radius 2 is 1.45 bits per heavy atom. The molecule has 0 spiro atoms. The summed E-state index contributed by atoms with van der Waals surface area (Å²) in [5, 5.41) is 16.0. The fourth-order valence-electron chi connectivity index (χ4n) is 2.61. The molecule has 12 N–H and O–H groups in total. The van der Waals surface area contributed by atoms with E-state index < -0.39 is 60.2 Å². The van der Waals surface area contributed by atoms with E-state index in [9.17, 15) is 24.0 Å². The van der Waals surface area contributed by atoms with E-state index in [1.807, 2.05) is 6.92 Å². The van der Waals surface area contributed by atoms with E-state index in [0.717, 1.165) is 0 Å². The molecule has 0 aliphatic carbocycles. The molecule has 0 heterocycles. The Kier molecular flexibility index (Phi) is 13.1. The molecular formula is C19H36N8O6. The van der Waals surface area contributed by atoms with E-state index in [-0.39, 0.29) is 24.8 Å². The molecule has 188 valence electrons. The molecule has 14 nitrogen and oxygen atoms in total. The van der Waals surface area contributed by atoms with Crippen LogP contribution in [0.1, 0.15) is 46.5 Å². The maximum Gasteiger partial charge on any atom is 0.325 e. The summed E-state index contributed by atoms with van der Waals surface area (Å²) >= 11 is 0. The number of rotatable bonds is 15. The zero-order chi connectivity index (χ0) is 25.7. The van der Waals surface area contributed by atoms with Gasteiger partial charge in [-0.25, -0.2) is 0 Å². The number of aliphatic imine (C=N–C) groups is 1. The fraction of sp³-hybridized carbons (Fsp3) is 0.684. The van der Waals surface area contributed by atoms with Crippen LogP contribution in [0.3, 0.4) is 0 Å². The van der Waals surface area contributed by atoms with Gasteiger partial charge < -0.3 is 44.0 Å². The van der Waals surface area contributed by atoms with Gasteiger partial charge in [0.05, 0.1) is 12.5 Å². The third-order valence-corrected chi connectivity index (χ3v) is 4.91. The van der Waals surface area contributed by atoms with E-state index in [1.54, 1.807) is 6.92 Å². The highest BCUT2D eigenvalue weighted by Crippen LogP contribution is 2.07. The van der Waals surface area contributed by atoms with Crippen LogP contribution in [0.2, 0.25) is 0 Å². The van der Waals surface area contributed by atoms with Crippen molar-refractivity contribution >= 4 is 35.6 Å². The highest BCUT2D eigenvalue weighted by Gasteiger charge is 2.30. The summed E-state index contributed by atoms with van der Waals surface area (Å²) in [5.74, 6) is -4.76. The normalized spacial score (nSPS) is 15.2. The van der Waals surface area contributed by atoms with Gasteiger partial charge in [-0.15, -0.1) is 0 Å². The second-order valence-corrected chi connectivity index (χ2v) is 7.72. The first kappa shape index (κ1) is 29.6. The summed E-state index contributed by atoms with van der Waals surface area (Å²) in [6, 6.07) is -4.71. The second kappa shape index (κ2) is 14.6. The number of aliphatic carboxylic acids is 1. The van der Waals surface area contributed by atoms with Gasteiger partial charge in [0.25, 0.3) is 0 Å². The third-order valence-electron chi connectivity index (χ3n) is 4.91. The average molecular weight is 473 g/mol. The van der Waals surface area contributed by atoms with Crippen LogP contribution in [0.5, 0.6) is 0 Å². The van der Waals surface area contributed by atoms with Crippen LogP contribution < -0.4 is 38.9 Å². The summed E-state index contributed by atoms with van der Waals surface area (Å²) < 4.78 is 0. The Hall–Kier alpha value is -3.42. The van der Waals surface area contributed by atoms with Crippen LogP contribution >= 0.6 is 0 Å². The van der Waals surface area contributed by atoms with Gasteiger partial charge in [0, 0.05) is 6.54 Å². The molecule has 5 unspecified atom stereocenters. The Morgan fingerprint density at radius 1 is 0.909 bits per heavy atom. The van der Waals surface area contributed by atoms with E-state index in [2.05, 4.69) is 20.9 Å². The monoisotopic (exact) mass is 472 g/mol. The van der Waals surface area contributed by atoms with E-state index >= 15 is 0 Å². The van der Waals surface area contributed by atoms with E-state index in [4.69, 9.17) is 28.0 Å². The number of nitrogens with two attached hydrogens (primary N) is 4. The van der Waals surface area contributed by atoms with Crippen molar-refractivity contribution in [3.05, 3.63) is 0 Å². The van der Waals surface area contributed by atoms with Crippen LogP contribution in [0.25, 0.3) is 0 Å². The summed E-state index contributed by atoms with van der Waals surface area (Å²) in [5.41, 5.74) is 21.6. The van der Waals surface area contributed by atoms with E-state index in [1.165, 1.54) is 6.92 Å². The average Bonchev–Trinajstić information content (AvgIpc) is 2.73. The third kappa shape index (κ3) is 11.7. The van der Waals surface area contributed by atoms with Crippen molar-refractivity contribution in [2.24, 2.45) is 33.8 Å². The molecule has 33 heavy (non-hydrogen) atoms. The quantitative estimate of drug-likeness (QED) is 0.0678. The lowest BCUT2D eigenvalue weighted by atomic mass is 9.98. The number of guanidine groups is 1. The molecule has 0 bridgehead atoms. The first-order valence-electron chi connectivity index (χ1n) is 10.5. The summed E-state index contributed by atoms with van der Waals surface area (Å²) in [6.45, 7) is 5.05. The van der Waals surface area contributed by atoms with Crippen LogP contribution in [0.4, 0.5) is 0 Å². The van der Waals surface area contributed by atoms with Crippen LogP contribution in [0.15, 0.2) is 4.99 Å². The number of amides is 4. The predicted octanol–water partition coefficient (Wildman–Crippen LogP) is -3.15. The Bertz CT molecular complexity index is 740. The van der Waals surface area contributed by atoms with Crippen molar-refractivity contribution in [1.29, 1.82) is 0 Å². The topological polar surface area (TPSA) is 258 Å². The van der Waals surface area contributed by atoms with Gasteiger partial charge in [-0.3, -0.25) is 29.0 Å². The zero-order valence-electron chi connectivity index (χ0n) is 19.2. The van der Waals surface area contributed by atoms with Crippen molar-refractivity contribution in [3.63, 3.8) is 0 Å². The Balaban J connectivity index is 5.52. The molecule has 0 rings (SSSR count). The van der Waals surface area contributed by atoms with Crippen LogP contribution in [0, 0.1) is 5.92 Å². The molecule has 0 aromatic carbocycles. The Morgan fingerprint density at radius 3 is 1.94 bits per heavy atom. The van der Waals surface area contributed by atoms with Crippen molar-refractivity contribution < 1.29 is 29.1 Å². The number of carboxylic acid groups (broad SMARTS) is 1. The van der Waals surface area contributed by atoms with Gasteiger partial charge in [-0.1, -0.05) is 20.3 Å². The molecule has 0 aliphatic rings. The van der Waals surface area contributed by atoms with Gasteiger partial charge >= 0.3 is 5.97 Å². The fourth-order valence-corrected chi connectivity index (χ4v) is 2.61. The minimum Gasteiger partial charge on any atom is -0.480 e.